The third-order valence-electron chi connectivity index (χ3n) is 3.05. The number of benzene rings is 1. The summed E-state index contributed by atoms with van der Waals surface area (Å²) < 4.78 is 18.5. The summed E-state index contributed by atoms with van der Waals surface area (Å²) in [5.74, 6) is 0.351. The van der Waals surface area contributed by atoms with E-state index in [1.165, 1.54) is 12.3 Å². The lowest BCUT2D eigenvalue weighted by molar-refractivity contribution is 0.400. The van der Waals surface area contributed by atoms with E-state index < -0.39 is 0 Å². The molecule has 0 amide bonds. The van der Waals surface area contributed by atoms with E-state index in [1.807, 2.05) is 26.0 Å². The molecule has 2 rings (SSSR count). The number of nitrogens with zero attached hydrogens (tertiary/aromatic N) is 1. The highest BCUT2D eigenvalue weighted by atomic mass is 35.5. The van der Waals surface area contributed by atoms with Crippen molar-refractivity contribution in [3.8, 4) is 5.75 Å². The van der Waals surface area contributed by atoms with Crippen LogP contribution in [0.3, 0.4) is 0 Å². The van der Waals surface area contributed by atoms with Gasteiger partial charge in [-0.3, -0.25) is 4.98 Å². The van der Waals surface area contributed by atoms with Gasteiger partial charge in [0.2, 0.25) is 0 Å². The Balaban J connectivity index is 2.49. The summed E-state index contributed by atoms with van der Waals surface area (Å²) in [7, 11) is 1.61. The highest BCUT2D eigenvalue weighted by molar-refractivity contribution is 6.30. The lowest BCUT2D eigenvalue weighted by atomic mass is 10.0. The van der Waals surface area contributed by atoms with E-state index in [1.54, 1.807) is 19.2 Å². The Labute approximate surface area is 129 Å². The third kappa shape index (κ3) is 3.93. The van der Waals surface area contributed by atoms with E-state index in [0.29, 0.717) is 16.5 Å². The molecule has 0 saturated carbocycles. The molecule has 0 aliphatic heterocycles. The van der Waals surface area contributed by atoms with Crippen molar-refractivity contribution in [2.75, 3.05) is 7.11 Å². The van der Waals surface area contributed by atoms with Gasteiger partial charge in [0.05, 0.1) is 25.0 Å². The molecule has 1 N–H and O–H groups in total. The number of pyridine rings is 1. The summed E-state index contributed by atoms with van der Waals surface area (Å²) in [6.45, 7) is 4.07. The maximum absolute atomic E-state index is 13.1. The smallest absolute Gasteiger partial charge is 0.141 e. The Morgan fingerprint density at radius 3 is 2.57 bits per heavy atom. The Morgan fingerprint density at radius 2 is 2.00 bits per heavy atom. The lowest BCUT2D eigenvalue weighted by Crippen LogP contribution is -2.30. The Bertz CT molecular complexity index is 602. The molecule has 1 heterocycles. The zero-order valence-electron chi connectivity index (χ0n) is 12.2. The zero-order chi connectivity index (χ0) is 15.4. The Morgan fingerprint density at radius 1 is 1.24 bits per heavy atom. The molecule has 0 radical (unpaired) electrons. The molecule has 0 saturated heterocycles. The van der Waals surface area contributed by atoms with Crippen molar-refractivity contribution < 1.29 is 9.13 Å². The molecule has 0 spiro atoms. The molecule has 0 aliphatic carbocycles. The minimum atomic E-state index is -0.361. The van der Waals surface area contributed by atoms with Crippen LogP contribution in [0.25, 0.3) is 0 Å². The number of nitrogens with one attached hydrogen (secondary N) is 1. The van der Waals surface area contributed by atoms with Crippen molar-refractivity contribution in [3.63, 3.8) is 0 Å². The fourth-order valence-electron chi connectivity index (χ4n) is 2.16. The number of hydrogen-bond acceptors (Lipinski definition) is 3. The largest absolute Gasteiger partial charge is 0.496 e. The van der Waals surface area contributed by atoms with Crippen molar-refractivity contribution in [1.29, 1.82) is 0 Å². The van der Waals surface area contributed by atoms with Gasteiger partial charge in [-0.05, 0) is 44.2 Å². The SMILES string of the molecule is COc1ccc(Cl)cc1C(NC(C)C)c1ccc(F)cn1. The number of ether oxygens (including phenoxy) is 1. The quantitative estimate of drug-likeness (QED) is 0.907. The molecule has 1 atom stereocenters. The first kappa shape index (κ1) is 15.7. The van der Waals surface area contributed by atoms with E-state index in [4.69, 9.17) is 16.3 Å². The molecular weight excluding hydrogens is 291 g/mol. The van der Waals surface area contributed by atoms with Crippen LogP contribution in [-0.4, -0.2) is 18.1 Å². The number of rotatable bonds is 5. The number of halogens is 2. The van der Waals surface area contributed by atoms with Crippen molar-refractivity contribution in [3.05, 3.63) is 58.6 Å². The van der Waals surface area contributed by atoms with Crippen LogP contribution in [0.4, 0.5) is 4.39 Å². The zero-order valence-corrected chi connectivity index (χ0v) is 13.0. The average molecular weight is 309 g/mol. The van der Waals surface area contributed by atoms with Crippen molar-refractivity contribution in [1.82, 2.24) is 10.3 Å². The van der Waals surface area contributed by atoms with Gasteiger partial charge in [-0.2, -0.15) is 0 Å². The maximum Gasteiger partial charge on any atom is 0.141 e. The molecule has 0 aliphatic rings. The predicted octanol–water partition coefficient (Wildman–Crippen LogP) is 3.97. The Hall–Kier alpha value is -1.65. The molecule has 21 heavy (non-hydrogen) atoms. The molecule has 5 heteroatoms. The van der Waals surface area contributed by atoms with Gasteiger partial charge in [0, 0.05) is 16.6 Å². The number of hydrogen-bond donors (Lipinski definition) is 1. The summed E-state index contributed by atoms with van der Waals surface area (Å²) in [6, 6.07) is 8.48. The lowest BCUT2D eigenvalue weighted by Gasteiger charge is -2.23. The highest BCUT2D eigenvalue weighted by Crippen LogP contribution is 2.32. The van der Waals surface area contributed by atoms with Crippen LogP contribution in [0.15, 0.2) is 36.5 Å². The summed E-state index contributed by atoms with van der Waals surface area (Å²) in [6.07, 6.45) is 1.21. The van der Waals surface area contributed by atoms with E-state index in [-0.39, 0.29) is 17.9 Å². The first-order valence-electron chi connectivity index (χ1n) is 6.72. The van der Waals surface area contributed by atoms with Gasteiger partial charge in [0.1, 0.15) is 11.6 Å². The number of methoxy groups -OCH3 is 1. The molecular formula is C16H18ClFN2O. The average Bonchev–Trinajstić information content (AvgIpc) is 2.45. The van der Waals surface area contributed by atoms with Crippen LogP contribution in [-0.2, 0) is 0 Å². The first-order chi connectivity index (χ1) is 10.0. The second-order valence-electron chi connectivity index (χ2n) is 5.04. The van der Waals surface area contributed by atoms with Crippen LogP contribution in [0.2, 0.25) is 5.02 Å². The van der Waals surface area contributed by atoms with Crippen LogP contribution < -0.4 is 10.1 Å². The van der Waals surface area contributed by atoms with E-state index >= 15 is 0 Å². The topological polar surface area (TPSA) is 34.1 Å². The summed E-state index contributed by atoms with van der Waals surface area (Å²) >= 11 is 6.10. The summed E-state index contributed by atoms with van der Waals surface area (Å²) in [5, 5.41) is 4.02. The minimum absolute atomic E-state index is 0.213. The molecule has 0 bridgehead atoms. The maximum atomic E-state index is 13.1. The Kier molecular flexibility index (Phi) is 5.15. The van der Waals surface area contributed by atoms with Crippen molar-refractivity contribution in [2.45, 2.75) is 25.9 Å². The minimum Gasteiger partial charge on any atom is -0.496 e. The number of aromatic nitrogens is 1. The second kappa shape index (κ2) is 6.87. The van der Waals surface area contributed by atoms with Crippen molar-refractivity contribution >= 4 is 11.6 Å². The predicted molar refractivity (Wildman–Crippen MR) is 82.3 cm³/mol. The van der Waals surface area contributed by atoms with Crippen LogP contribution in [0, 0.1) is 5.82 Å². The van der Waals surface area contributed by atoms with E-state index in [2.05, 4.69) is 10.3 Å². The van der Waals surface area contributed by atoms with E-state index in [9.17, 15) is 4.39 Å². The second-order valence-corrected chi connectivity index (χ2v) is 5.48. The summed E-state index contributed by atoms with van der Waals surface area (Å²) in [5.41, 5.74) is 1.59. The molecule has 1 aromatic carbocycles. The van der Waals surface area contributed by atoms with Gasteiger partial charge in [0.15, 0.2) is 0 Å². The fourth-order valence-corrected chi connectivity index (χ4v) is 2.34. The van der Waals surface area contributed by atoms with Gasteiger partial charge in [-0.25, -0.2) is 4.39 Å². The molecule has 112 valence electrons. The molecule has 0 fully saturated rings. The van der Waals surface area contributed by atoms with E-state index in [0.717, 1.165) is 5.56 Å². The van der Waals surface area contributed by atoms with Gasteiger partial charge in [-0.15, -0.1) is 0 Å². The summed E-state index contributed by atoms with van der Waals surface area (Å²) in [4.78, 5) is 4.18. The first-order valence-corrected chi connectivity index (χ1v) is 7.10. The molecule has 1 unspecified atom stereocenters. The highest BCUT2D eigenvalue weighted by Gasteiger charge is 2.20. The molecule has 1 aromatic heterocycles. The van der Waals surface area contributed by atoms with Gasteiger partial charge >= 0.3 is 0 Å². The monoisotopic (exact) mass is 308 g/mol. The van der Waals surface area contributed by atoms with Gasteiger partial charge < -0.3 is 10.1 Å². The normalized spacial score (nSPS) is 12.5. The van der Waals surface area contributed by atoms with Crippen LogP contribution in [0.1, 0.15) is 31.1 Å². The van der Waals surface area contributed by atoms with Gasteiger partial charge in [0.25, 0.3) is 0 Å². The van der Waals surface area contributed by atoms with Crippen LogP contribution in [0.5, 0.6) is 5.75 Å². The molecule has 3 nitrogen and oxygen atoms in total. The fraction of sp³-hybridized carbons (Fsp3) is 0.312. The van der Waals surface area contributed by atoms with Crippen LogP contribution >= 0.6 is 11.6 Å². The van der Waals surface area contributed by atoms with Gasteiger partial charge in [-0.1, -0.05) is 11.6 Å². The van der Waals surface area contributed by atoms with Crippen molar-refractivity contribution in [2.24, 2.45) is 0 Å². The third-order valence-corrected chi connectivity index (χ3v) is 3.28. The standard InChI is InChI=1S/C16H18ClFN2O/c1-10(2)20-16(14-6-5-12(18)9-19-14)13-8-11(17)4-7-15(13)21-3/h4-10,16,20H,1-3H3. The molecule has 2 aromatic rings.